The molecule has 4 nitrogen and oxygen atoms in total. The molecule has 2 aromatic carbocycles. The molecule has 0 saturated carbocycles. The molecular formula is C17H11ClN4. The van der Waals surface area contributed by atoms with Crippen molar-refractivity contribution in [3.05, 3.63) is 72.1 Å². The van der Waals surface area contributed by atoms with Gasteiger partial charge in [-0.05, 0) is 18.2 Å². The monoisotopic (exact) mass is 306 g/mol. The molecule has 0 fully saturated rings. The van der Waals surface area contributed by atoms with Crippen LogP contribution in [0.5, 0.6) is 0 Å². The molecule has 0 radical (unpaired) electrons. The number of hydrogen-bond donors (Lipinski definition) is 0. The molecule has 0 N–H and O–H groups in total. The van der Waals surface area contributed by atoms with E-state index in [0.29, 0.717) is 5.02 Å². The van der Waals surface area contributed by atoms with E-state index >= 15 is 0 Å². The highest BCUT2D eigenvalue weighted by Crippen LogP contribution is 2.31. The maximum absolute atomic E-state index is 6.30. The van der Waals surface area contributed by atoms with Gasteiger partial charge in [0.25, 0.3) is 0 Å². The van der Waals surface area contributed by atoms with E-state index in [4.69, 9.17) is 11.6 Å². The van der Waals surface area contributed by atoms with Crippen molar-refractivity contribution in [2.45, 2.75) is 0 Å². The fourth-order valence-corrected chi connectivity index (χ4v) is 2.70. The molecule has 2 aromatic heterocycles. The Balaban J connectivity index is 1.97. The Labute approximate surface area is 132 Å². The summed E-state index contributed by atoms with van der Waals surface area (Å²) in [5.41, 5.74) is 3.39. The third-order valence-corrected chi connectivity index (χ3v) is 3.83. The Kier molecular flexibility index (Phi) is 3.09. The van der Waals surface area contributed by atoms with Gasteiger partial charge in [-0.1, -0.05) is 48.0 Å². The van der Waals surface area contributed by atoms with E-state index in [9.17, 15) is 0 Å². The Hall–Kier alpha value is -2.72. The van der Waals surface area contributed by atoms with Crippen LogP contribution in [0, 0.1) is 0 Å². The minimum absolute atomic E-state index is 0.662. The van der Waals surface area contributed by atoms with Crippen LogP contribution in [0.1, 0.15) is 0 Å². The van der Waals surface area contributed by atoms with Crippen LogP contribution in [0.2, 0.25) is 5.02 Å². The average Bonchev–Trinajstić information content (AvgIpc) is 3.00. The maximum Gasteiger partial charge on any atom is 0.166 e. The van der Waals surface area contributed by atoms with Crippen molar-refractivity contribution >= 4 is 22.6 Å². The van der Waals surface area contributed by atoms with Crippen molar-refractivity contribution in [2.75, 3.05) is 0 Å². The van der Waals surface area contributed by atoms with Crippen molar-refractivity contribution in [1.29, 1.82) is 0 Å². The van der Waals surface area contributed by atoms with Gasteiger partial charge in [0.1, 0.15) is 6.33 Å². The molecule has 0 aliphatic rings. The normalized spacial score (nSPS) is 11.0. The molecule has 4 rings (SSSR count). The van der Waals surface area contributed by atoms with Crippen molar-refractivity contribution in [1.82, 2.24) is 19.7 Å². The topological polar surface area (TPSA) is 43.6 Å². The van der Waals surface area contributed by atoms with Crippen molar-refractivity contribution in [3.8, 4) is 16.9 Å². The van der Waals surface area contributed by atoms with Crippen LogP contribution in [0.4, 0.5) is 0 Å². The third kappa shape index (κ3) is 2.05. The Bertz CT molecular complexity index is 947. The lowest BCUT2D eigenvalue weighted by Crippen LogP contribution is -1.97. The first-order chi connectivity index (χ1) is 10.8. The van der Waals surface area contributed by atoms with Gasteiger partial charge in [-0.15, -0.1) is 0 Å². The second kappa shape index (κ2) is 5.24. The van der Waals surface area contributed by atoms with Crippen LogP contribution in [0.3, 0.4) is 0 Å². The summed E-state index contributed by atoms with van der Waals surface area (Å²) in [5, 5.41) is 5.99. The van der Waals surface area contributed by atoms with Gasteiger partial charge >= 0.3 is 0 Å². The molecule has 0 saturated heterocycles. The Morgan fingerprint density at radius 1 is 0.864 bits per heavy atom. The molecule has 0 unspecified atom stereocenters. The van der Waals surface area contributed by atoms with Crippen LogP contribution < -0.4 is 0 Å². The molecule has 106 valence electrons. The molecule has 0 atom stereocenters. The number of halogens is 1. The minimum Gasteiger partial charge on any atom is -0.235 e. The van der Waals surface area contributed by atoms with Crippen LogP contribution in [0.15, 0.2) is 67.1 Å². The molecule has 5 heteroatoms. The molecule has 4 aromatic rings. The lowest BCUT2D eigenvalue weighted by molar-refractivity contribution is 0.895. The van der Waals surface area contributed by atoms with Gasteiger partial charge in [-0.25, -0.2) is 14.6 Å². The summed E-state index contributed by atoms with van der Waals surface area (Å²) in [4.78, 5) is 8.78. The lowest BCUT2D eigenvalue weighted by Gasteiger charge is -2.05. The summed E-state index contributed by atoms with van der Waals surface area (Å²) >= 11 is 6.30. The lowest BCUT2D eigenvalue weighted by atomic mass is 10.1. The summed E-state index contributed by atoms with van der Waals surface area (Å²) < 4.78 is 1.80. The van der Waals surface area contributed by atoms with E-state index < -0.39 is 0 Å². The van der Waals surface area contributed by atoms with E-state index in [1.165, 1.54) is 0 Å². The average molecular weight is 307 g/mol. The summed E-state index contributed by atoms with van der Waals surface area (Å²) in [6, 6.07) is 17.5. The highest BCUT2D eigenvalue weighted by molar-refractivity contribution is 6.33. The minimum atomic E-state index is 0.662. The largest absolute Gasteiger partial charge is 0.235 e. The van der Waals surface area contributed by atoms with Gasteiger partial charge in [-0.2, -0.15) is 5.10 Å². The summed E-state index contributed by atoms with van der Waals surface area (Å²) in [7, 11) is 0. The molecule has 0 aliphatic heterocycles. The fraction of sp³-hybridized carbons (Fsp3) is 0. The number of benzene rings is 2. The Morgan fingerprint density at radius 2 is 1.64 bits per heavy atom. The first-order valence-corrected chi connectivity index (χ1v) is 7.21. The van der Waals surface area contributed by atoms with Crippen molar-refractivity contribution in [3.63, 3.8) is 0 Å². The molecule has 22 heavy (non-hydrogen) atoms. The standard InChI is InChI=1S/C17H11ClN4/c18-15-9-5-4-8-13(15)16-14-10-21-22(17(14)20-11-19-16)12-6-2-1-3-7-12/h1-11H. The van der Waals surface area contributed by atoms with Crippen LogP contribution >= 0.6 is 11.6 Å². The molecule has 2 heterocycles. The van der Waals surface area contributed by atoms with E-state index in [1.54, 1.807) is 17.2 Å². The quantitative estimate of drug-likeness (QED) is 0.559. The highest BCUT2D eigenvalue weighted by atomic mass is 35.5. The van der Waals surface area contributed by atoms with Gasteiger partial charge < -0.3 is 0 Å². The second-order valence-corrected chi connectivity index (χ2v) is 5.24. The number of rotatable bonds is 2. The van der Waals surface area contributed by atoms with Crippen LogP contribution in [-0.4, -0.2) is 19.7 Å². The fourth-order valence-electron chi connectivity index (χ4n) is 2.47. The zero-order valence-corrected chi connectivity index (χ0v) is 12.3. The van der Waals surface area contributed by atoms with E-state index in [0.717, 1.165) is 28.0 Å². The zero-order valence-electron chi connectivity index (χ0n) is 11.5. The second-order valence-electron chi connectivity index (χ2n) is 4.83. The van der Waals surface area contributed by atoms with E-state index in [1.807, 2.05) is 54.6 Å². The van der Waals surface area contributed by atoms with Crippen LogP contribution in [0.25, 0.3) is 28.0 Å². The summed E-state index contributed by atoms with van der Waals surface area (Å²) in [6.45, 7) is 0. The molecule has 0 amide bonds. The van der Waals surface area contributed by atoms with Crippen LogP contribution in [-0.2, 0) is 0 Å². The highest BCUT2D eigenvalue weighted by Gasteiger charge is 2.13. The van der Waals surface area contributed by atoms with E-state index in [2.05, 4.69) is 15.1 Å². The Morgan fingerprint density at radius 3 is 2.45 bits per heavy atom. The van der Waals surface area contributed by atoms with Gasteiger partial charge in [0.15, 0.2) is 5.65 Å². The number of hydrogen-bond acceptors (Lipinski definition) is 3. The third-order valence-electron chi connectivity index (χ3n) is 3.50. The van der Waals surface area contributed by atoms with Gasteiger partial charge in [-0.3, -0.25) is 0 Å². The predicted molar refractivity (Wildman–Crippen MR) is 87.1 cm³/mol. The van der Waals surface area contributed by atoms with E-state index in [-0.39, 0.29) is 0 Å². The molecule has 0 aliphatic carbocycles. The molecule has 0 spiro atoms. The maximum atomic E-state index is 6.30. The predicted octanol–water partition coefficient (Wildman–Crippen LogP) is 4.14. The smallest absolute Gasteiger partial charge is 0.166 e. The van der Waals surface area contributed by atoms with Gasteiger partial charge in [0, 0.05) is 10.6 Å². The van der Waals surface area contributed by atoms with Crippen molar-refractivity contribution < 1.29 is 0 Å². The number of para-hydroxylation sites is 1. The van der Waals surface area contributed by atoms with Gasteiger partial charge in [0.2, 0.25) is 0 Å². The molecular weight excluding hydrogens is 296 g/mol. The zero-order chi connectivity index (χ0) is 14.9. The molecule has 0 bridgehead atoms. The first kappa shape index (κ1) is 13.0. The van der Waals surface area contributed by atoms with Gasteiger partial charge in [0.05, 0.1) is 23.0 Å². The SMILES string of the molecule is Clc1ccccc1-c1ncnc2c1cnn2-c1ccccc1. The number of aromatic nitrogens is 4. The summed E-state index contributed by atoms with van der Waals surface area (Å²) in [6.07, 6.45) is 3.32. The van der Waals surface area contributed by atoms with Crippen molar-refractivity contribution in [2.24, 2.45) is 0 Å². The number of nitrogens with zero attached hydrogens (tertiary/aromatic N) is 4. The number of fused-ring (bicyclic) bond motifs is 1. The first-order valence-electron chi connectivity index (χ1n) is 6.83. The summed E-state index contributed by atoms with van der Waals surface area (Å²) in [5.74, 6) is 0.